The molecule has 1 N–H and O–H groups in total. The molecule has 21 heavy (non-hydrogen) atoms. The Balaban J connectivity index is 1.76. The molecule has 1 aromatic carbocycles. The minimum atomic E-state index is -0.183. The van der Waals surface area contributed by atoms with Gasteiger partial charge >= 0.3 is 0 Å². The maximum Gasteiger partial charge on any atom is 0.123 e. The standard InChI is InChI=1S/C18H26FNO/c1-3-14-7-9-18(10-8-14)12-20-13(2)17(21-18)15-5-4-6-16(19)11-15/h4-6,11,13-14,17,20H,3,7-10,12H2,1-2H3. The highest BCUT2D eigenvalue weighted by Crippen LogP contribution is 2.42. The molecule has 1 spiro atoms. The third kappa shape index (κ3) is 3.14. The molecule has 1 saturated heterocycles. The van der Waals surface area contributed by atoms with Gasteiger partial charge in [0.1, 0.15) is 5.82 Å². The minimum absolute atomic E-state index is 0.0465. The molecule has 1 saturated carbocycles. The van der Waals surface area contributed by atoms with Crippen LogP contribution in [-0.4, -0.2) is 18.2 Å². The Hall–Kier alpha value is -0.930. The van der Waals surface area contributed by atoms with E-state index in [1.54, 1.807) is 12.1 Å². The number of ether oxygens (including phenoxy) is 1. The third-order valence-electron chi connectivity index (χ3n) is 5.35. The molecule has 0 amide bonds. The van der Waals surface area contributed by atoms with Gasteiger partial charge in [-0.05, 0) is 56.2 Å². The molecule has 2 atom stereocenters. The van der Waals surface area contributed by atoms with Crippen LogP contribution in [0.1, 0.15) is 57.6 Å². The summed E-state index contributed by atoms with van der Waals surface area (Å²) in [5, 5.41) is 3.60. The second-order valence-corrected chi connectivity index (χ2v) is 6.80. The van der Waals surface area contributed by atoms with Crippen molar-refractivity contribution in [3.05, 3.63) is 35.6 Å². The number of rotatable bonds is 2. The summed E-state index contributed by atoms with van der Waals surface area (Å²) in [6.07, 6.45) is 5.97. The van der Waals surface area contributed by atoms with E-state index in [-0.39, 0.29) is 23.6 Å². The Kier molecular flexibility index (Phi) is 4.32. The average Bonchev–Trinajstić information content (AvgIpc) is 2.51. The number of benzene rings is 1. The summed E-state index contributed by atoms with van der Waals surface area (Å²) < 4.78 is 20.0. The monoisotopic (exact) mass is 291 g/mol. The van der Waals surface area contributed by atoms with Gasteiger partial charge in [-0.3, -0.25) is 0 Å². The summed E-state index contributed by atoms with van der Waals surface area (Å²) in [6, 6.07) is 7.08. The van der Waals surface area contributed by atoms with Gasteiger partial charge in [0.25, 0.3) is 0 Å². The van der Waals surface area contributed by atoms with Gasteiger partial charge in [-0.2, -0.15) is 0 Å². The lowest BCUT2D eigenvalue weighted by molar-refractivity contribution is -0.156. The van der Waals surface area contributed by atoms with Crippen LogP contribution in [0.4, 0.5) is 4.39 Å². The maximum atomic E-state index is 13.5. The lowest BCUT2D eigenvalue weighted by Crippen LogP contribution is -2.56. The molecular formula is C18H26FNO. The second kappa shape index (κ2) is 6.05. The number of hydrogen-bond acceptors (Lipinski definition) is 2. The summed E-state index contributed by atoms with van der Waals surface area (Å²) >= 11 is 0. The highest BCUT2D eigenvalue weighted by Gasteiger charge is 2.42. The first-order valence-electron chi connectivity index (χ1n) is 8.28. The van der Waals surface area contributed by atoms with E-state index in [9.17, 15) is 4.39 Å². The molecule has 0 bridgehead atoms. The summed E-state index contributed by atoms with van der Waals surface area (Å²) in [6.45, 7) is 5.33. The van der Waals surface area contributed by atoms with E-state index in [1.165, 1.54) is 25.3 Å². The molecular weight excluding hydrogens is 265 g/mol. The lowest BCUT2D eigenvalue weighted by atomic mass is 9.76. The van der Waals surface area contributed by atoms with Crippen LogP contribution >= 0.6 is 0 Å². The fourth-order valence-corrected chi connectivity index (χ4v) is 3.81. The molecule has 0 radical (unpaired) electrons. The van der Waals surface area contributed by atoms with Crippen molar-refractivity contribution < 1.29 is 9.13 Å². The Bertz CT molecular complexity index is 482. The van der Waals surface area contributed by atoms with Crippen molar-refractivity contribution >= 4 is 0 Å². The van der Waals surface area contributed by atoms with Crippen molar-refractivity contribution in [1.29, 1.82) is 0 Å². The third-order valence-corrected chi connectivity index (χ3v) is 5.35. The van der Waals surface area contributed by atoms with Crippen molar-refractivity contribution in [2.45, 2.75) is 63.7 Å². The topological polar surface area (TPSA) is 21.3 Å². The van der Waals surface area contributed by atoms with Gasteiger partial charge in [-0.25, -0.2) is 4.39 Å². The molecule has 3 heteroatoms. The Morgan fingerprint density at radius 3 is 2.76 bits per heavy atom. The van der Waals surface area contributed by atoms with E-state index in [0.29, 0.717) is 0 Å². The molecule has 2 nitrogen and oxygen atoms in total. The van der Waals surface area contributed by atoms with Crippen LogP contribution in [0.2, 0.25) is 0 Å². The van der Waals surface area contributed by atoms with Crippen LogP contribution in [-0.2, 0) is 4.74 Å². The molecule has 3 rings (SSSR count). The molecule has 2 unspecified atom stereocenters. The Morgan fingerprint density at radius 2 is 2.10 bits per heavy atom. The van der Waals surface area contributed by atoms with Gasteiger partial charge < -0.3 is 10.1 Å². The van der Waals surface area contributed by atoms with Crippen LogP contribution in [0.25, 0.3) is 0 Å². The van der Waals surface area contributed by atoms with Crippen molar-refractivity contribution in [2.75, 3.05) is 6.54 Å². The lowest BCUT2D eigenvalue weighted by Gasteiger charge is -2.48. The first-order valence-corrected chi connectivity index (χ1v) is 8.28. The van der Waals surface area contributed by atoms with E-state index in [0.717, 1.165) is 30.9 Å². The molecule has 0 aromatic heterocycles. The molecule has 1 aliphatic heterocycles. The van der Waals surface area contributed by atoms with Crippen LogP contribution < -0.4 is 5.32 Å². The van der Waals surface area contributed by atoms with Crippen molar-refractivity contribution in [3.8, 4) is 0 Å². The SMILES string of the molecule is CCC1CCC2(CC1)CNC(C)C(c1cccc(F)c1)O2. The Labute approximate surface area is 127 Å². The van der Waals surface area contributed by atoms with E-state index in [4.69, 9.17) is 4.74 Å². The minimum Gasteiger partial charge on any atom is -0.364 e. The average molecular weight is 291 g/mol. The smallest absolute Gasteiger partial charge is 0.123 e. The van der Waals surface area contributed by atoms with E-state index in [1.807, 2.05) is 6.07 Å². The number of nitrogens with one attached hydrogen (secondary N) is 1. The normalized spacial score (nSPS) is 36.8. The van der Waals surface area contributed by atoms with E-state index < -0.39 is 0 Å². The van der Waals surface area contributed by atoms with Gasteiger partial charge in [0.05, 0.1) is 11.7 Å². The van der Waals surface area contributed by atoms with Crippen LogP contribution in [0.15, 0.2) is 24.3 Å². The van der Waals surface area contributed by atoms with Gasteiger partial charge in [0.15, 0.2) is 0 Å². The van der Waals surface area contributed by atoms with Crippen molar-refractivity contribution in [2.24, 2.45) is 5.92 Å². The highest BCUT2D eigenvalue weighted by molar-refractivity contribution is 5.21. The number of hydrogen-bond donors (Lipinski definition) is 1. The number of halogens is 1. The summed E-state index contributed by atoms with van der Waals surface area (Å²) in [7, 11) is 0. The van der Waals surface area contributed by atoms with Gasteiger partial charge in [-0.1, -0.05) is 25.5 Å². The van der Waals surface area contributed by atoms with Crippen LogP contribution in [0.3, 0.4) is 0 Å². The zero-order valence-corrected chi connectivity index (χ0v) is 13.1. The fraction of sp³-hybridized carbons (Fsp3) is 0.667. The Morgan fingerprint density at radius 1 is 1.33 bits per heavy atom. The summed E-state index contributed by atoms with van der Waals surface area (Å²) in [5.41, 5.74) is 0.904. The fourth-order valence-electron chi connectivity index (χ4n) is 3.81. The van der Waals surface area contributed by atoms with Crippen LogP contribution in [0, 0.1) is 11.7 Å². The highest BCUT2D eigenvalue weighted by atomic mass is 19.1. The zero-order valence-electron chi connectivity index (χ0n) is 13.1. The first-order chi connectivity index (χ1) is 10.1. The van der Waals surface area contributed by atoms with Crippen molar-refractivity contribution in [1.82, 2.24) is 5.32 Å². The number of morpholine rings is 1. The van der Waals surface area contributed by atoms with E-state index in [2.05, 4.69) is 19.2 Å². The molecule has 1 heterocycles. The first kappa shape index (κ1) is 15.0. The molecule has 2 aliphatic rings. The zero-order chi connectivity index (χ0) is 14.9. The van der Waals surface area contributed by atoms with Gasteiger partial charge in [0, 0.05) is 12.6 Å². The predicted molar refractivity (Wildman–Crippen MR) is 82.7 cm³/mol. The molecule has 116 valence electrons. The molecule has 2 fully saturated rings. The van der Waals surface area contributed by atoms with Gasteiger partial charge in [0.2, 0.25) is 0 Å². The van der Waals surface area contributed by atoms with Crippen LogP contribution in [0.5, 0.6) is 0 Å². The van der Waals surface area contributed by atoms with Gasteiger partial charge in [-0.15, -0.1) is 0 Å². The second-order valence-electron chi connectivity index (χ2n) is 6.80. The summed E-state index contributed by atoms with van der Waals surface area (Å²) in [4.78, 5) is 0. The quantitative estimate of drug-likeness (QED) is 0.881. The van der Waals surface area contributed by atoms with E-state index >= 15 is 0 Å². The maximum absolute atomic E-state index is 13.5. The summed E-state index contributed by atoms with van der Waals surface area (Å²) in [5.74, 6) is 0.670. The van der Waals surface area contributed by atoms with Crippen molar-refractivity contribution in [3.63, 3.8) is 0 Å². The largest absolute Gasteiger partial charge is 0.364 e. The molecule has 1 aliphatic carbocycles. The predicted octanol–water partition coefficient (Wildman–Crippen LogP) is 4.21. The molecule has 1 aromatic rings.